The zero-order valence-electron chi connectivity index (χ0n) is 14.1. The van der Waals surface area contributed by atoms with Crippen molar-refractivity contribution in [3.05, 3.63) is 71.7 Å². The van der Waals surface area contributed by atoms with Crippen LogP contribution < -0.4 is 5.32 Å². The van der Waals surface area contributed by atoms with Crippen LogP contribution in [0.25, 0.3) is 11.5 Å². The summed E-state index contributed by atoms with van der Waals surface area (Å²) < 4.78 is 1.67. The minimum Gasteiger partial charge on any atom is -0.320 e. The molecule has 0 spiro atoms. The van der Waals surface area contributed by atoms with Crippen molar-refractivity contribution < 1.29 is 4.79 Å². The van der Waals surface area contributed by atoms with E-state index in [1.807, 2.05) is 19.1 Å². The van der Waals surface area contributed by atoms with Crippen LogP contribution in [0.3, 0.4) is 0 Å². The van der Waals surface area contributed by atoms with Crippen LogP contribution in [0, 0.1) is 6.92 Å². The van der Waals surface area contributed by atoms with Gasteiger partial charge >= 0.3 is 0 Å². The van der Waals surface area contributed by atoms with Gasteiger partial charge in [-0.3, -0.25) is 9.78 Å². The maximum atomic E-state index is 12.6. The average Bonchev–Trinajstić information content (AvgIpc) is 3.32. The second-order valence-electron chi connectivity index (χ2n) is 5.56. The normalized spacial score (nSPS) is 10.7. The van der Waals surface area contributed by atoms with Gasteiger partial charge in [0.25, 0.3) is 5.91 Å². The molecule has 0 aliphatic rings. The Hall–Kier alpha value is -3.59. The number of amides is 1. The number of hydrogen-bond acceptors (Lipinski definition) is 6. The fourth-order valence-corrected chi connectivity index (χ4v) is 2.79. The van der Waals surface area contributed by atoms with Crippen LogP contribution in [0.4, 0.5) is 5.69 Å². The number of nitrogens with one attached hydrogen (secondary N) is 1. The van der Waals surface area contributed by atoms with E-state index < -0.39 is 0 Å². The number of rotatable bonds is 4. The smallest absolute Gasteiger partial charge is 0.259 e. The molecule has 0 atom stereocenters. The molecule has 1 amide bonds. The van der Waals surface area contributed by atoms with Crippen LogP contribution in [-0.4, -0.2) is 40.6 Å². The van der Waals surface area contributed by atoms with Gasteiger partial charge in [0.05, 0.1) is 52.4 Å². The molecule has 0 saturated heterocycles. The highest BCUT2D eigenvalue weighted by Crippen LogP contribution is 2.22. The lowest BCUT2D eigenvalue weighted by Gasteiger charge is -2.08. The number of carbonyl (C=O) groups excluding carboxylic acids is 1. The van der Waals surface area contributed by atoms with E-state index in [4.69, 9.17) is 11.6 Å². The highest BCUT2D eigenvalue weighted by molar-refractivity contribution is 6.32. The summed E-state index contributed by atoms with van der Waals surface area (Å²) in [7, 11) is 0. The summed E-state index contributed by atoms with van der Waals surface area (Å²) in [6, 6.07) is 5.22. The molecule has 4 aromatic heterocycles. The number of aromatic nitrogens is 7. The summed E-state index contributed by atoms with van der Waals surface area (Å²) in [5.74, 6) is 0.0667. The van der Waals surface area contributed by atoms with E-state index >= 15 is 0 Å². The van der Waals surface area contributed by atoms with Crippen molar-refractivity contribution in [1.29, 1.82) is 0 Å². The first kappa shape index (κ1) is 16.9. The van der Waals surface area contributed by atoms with Gasteiger partial charge in [-0.25, -0.2) is 9.67 Å². The number of carbonyl (C=O) groups is 1. The molecule has 1 N–H and O–H groups in total. The van der Waals surface area contributed by atoms with Gasteiger partial charge in [0.15, 0.2) is 5.82 Å². The molecule has 0 fully saturated rings. The molecule has 9 nitrogen and oxygen atoms in total. The first-order chi connectivity index (χ1) is 13.1. The van der Waals surface area contributed by atoms with Crippen LogP contribution in [0.1, 0.15) is 16.1 Å². The molecule has 0 aromatic carbocycles. The van der Waals surface area contributed by atoms with Crippen molar-refractivity contribution in [3.8, 4) is 11.5 Å². The first-order valence-corrected chi connectivity index (χ1v) is 8.30. The van der Waals surface area contributed by atoms with E-state index in [1.165, 1.54) is 29.6 Å². The lowest BCUT2D eigenvalue weighted by atomic mass is 10.2. The van der Waals surface area contributed by atoms with Crippen molar-refractivity contribution in [2.75, 3.05) is 5.32 Å². The summed E-state index contributed by atoms with van der Waals surface area (Å²) in [5, 5.41) is 15.3. The van der Waals surface area contributed by atoms with E-state index in [0.717, 1.165) is 5.69 Å². The molecular weight excluding hydrogens is 368 g/mol. The Morgan fingerprint density at radius 2 is 1.81 bits per heavy atom. The van der Waals surface area contributed by atoms with Crippen LogP contribution in [-0.2, 0) is 0 Å². The van der Waals surface area contributed by atoms with E-state index in [1.54, 1.807) is 23.1 Å². The van der Waals surface area contributed by atoms with E-state index in [9.17, 15) is 4.79 Å². The van der Waals surface area contributed by atoms with Crippen molar-refractivity contribution in [2.24, 2.45) is 0 Å². The third kappa shape index (κ3) is 3.27. The molecule has 0 aliphatic carbocycles. The Morgan fingerprint density at radius 1 is 1.07 bits per heavy atom. The van der Waals surface area contributed by atoms with Crippen molar-refractivity contribution >= 4 is 23.2 Å². The lowest BCUT2D eigenvalue weighted by molar-refractivity contribution is 0.102. The molecular formula is C17H13ClN8O. The second kappa shape index (κ2) is 6.96. The van der Waals surface area contributed by atoms with Gasteiger partial charge in [-0.05, 0) is 25.1 Å². The number of hydrogen-bond donors (Lipinski definition) is 1. The van der Waals surface area contributed by atoms with Gasteiger partial charge in [-0.15, -0.1) is 4.80 Å². The molecule has 0 unspecified atom stereocenters. The Kier molecular flexibility index (Phi) is 4.35. The van der Waals surface area contributed by atoms with Gasteiger partial charge in [-0.2, -0.15) is 15.3 Å². The zero-order chi connectivity index (χ0) is 18.8. The van der Waals surface area contributed by atoms with E-state index in [0.29, 0.717) is 27.8 Å². The molecule has 0 aliphatic heterocycles. The Balaban J connectivity index is 1.56. The van der Waals surface area contributed by atoms with Crippen molar-refractivity contribution in [1.82, 2.24) is 34.7 Å². The predicted octanol–water partition coefficient (Wildman–Crippen LogP) is 2.46. The van der Waals surface area contributed by atoms with Gasteiger partial charge in [-0.1, -0.05) is 11.6 Å². The monoisotopic (exact) mass is 380 g/mol. The molecule has 134 valence electrons. The first-order valence-electron chi connectivity index (χ1n) is 7.92. The Bertz CT molecular complexity index is 1090. The standard InChI is InChI=1S/C17H13ClN8O/c1-11-14(10-23-25(11)13-2-4-19-5-3-13)17(27)24-12-8-15(18)16(20-9-12)26-21-6-7-22-26/h2-10H,1H3,(H,24,27). The fraction of sp³-hybridized carbons (Fsp3) is 0.0588. The molecule has 0 bridgehead atoms. The summed E-state index contributed by atoms with van der Waals surface area (Å²) in [6.45, 7) is 1.82. The highest BCUT2D eigenvalue weighted by atomic mass is 35.5. The van der Waals surface area contributed by atoms with Gasteiger partial charge in [0.1, 0.15) is 0 Å². The molecule has 0 radical (unpaired) electrons. The maximum absolute atomic E-state index is 12.6. The SMILES string of the molecule is Cc1c(C(=O)Nc2cnc(-n3nccn3)c(Cl)c2)cnn1-c1ccncc1. The summed E-state index contributed by atoms with van der Waals surface area (Å²) in [6.07, 6.45) is 9.39. The Morgan fingerprint density at radius 3 is 2.52 bits per heavy atom. The largest absolute Gasteiger partial charge is 0.320 e. The van der Waals surface area contributed by atoms with Crippen LogP contribution in [0.5, 0.6) is 0 Å². The lowest BCUT2D eigenvalue weighted by Crippen LogP contribution is -2.14. The van der Waals surface area contributed by atoms with Crippen molar-refractivity contribution in [2.45, 2.75) is 6.92 Å². The molecule has 27 heavy (non-hydrogen) atoms. The third-order valence-corrected chi connectivity index (χ3v) is 4.13. The van der Waals surface area contributed by atoms with Gasteiger partial charge < -0.3 is 5.32 Å². The van der Waals surface area contributed by atoms with Gasteiger partial charge in [0, 0.05) is 12.4 Å². The molecule has 4 rings (SSSR count). The number of pyridine rings is 2. The topological polar surface area (TPSA) is 103 Å². The summed E-state index contributed by atoms with van der Waals surface area (Å²) in [5.41, 5.74) is 2.43. The minimum absolute atomic E-state index is 0.310. The number of halogens is 1. The van der Waals surface area contributed by atoms with Crippen molar-refractivity contribution in [3.63, 3.8) is 0 Å². The van der Waals surface area contributed by atoms with E-state index in [2.05, 4.69) is 30.6 Å². The molecule has 10 heteroatoms. The number of anilines is 1. The molecule has 0 saturated carbocycles. The quantitative estimate of drug-likeness (QED) is 0.583. The number of nitrogens with zero attached hydrogens (tertiary/aromatic N) is 7. The van der Waals surface area contributed by atoms with Crippen LogP contribution >= 0.6 is 11.6 Å². The van der Waals surface area contributed by atoms with E-state index in [-0.39, 0.29) is 5.91 Å². The predicted molar refractivity (Wildman–Crippen MR) is 98.2 cm³/mol. The minimum atomic E-state index is -0.310. The fourth-order valence-electron chi connectivity index (χ4n) is 2.55. The summed E-state index contributed by atoms with van der Waals surface area (Å²) in [4.78, 5) is 22.1. The molecule has 4 aromatic rings. The maximum Gasteiger partial charge on any atom is 0.259 e. The zero-order valence-corrected chi connectivity index (χ0v) is 14.9. The van der Waals surface area contributed by atoms with Gasteiger partial charge in [0.2, 0.25) is 0 Å². The summed E-state index contributed by atoms with van der Waals surface area (Å²) >= 11 is 6.23. The average molecular weight is 381 g/mol. The molecule has 4 heterocycles. The van der Waals surface area contributed by atoms with Crippen LogP contribution in [0.15, 0.2) is 55.4 Å². The Labute approximate surface area is 158 Å². The van der Waals surface area contributed by atoms with Crippen LogP contribution in [0.2, 0.25) is 5.02 Å². The highest BCUT2D eigenvalue weighted by Gasteiger charge is 2.16. The second-order valence-corrected chi connectivity index (χ2v) is 5.97. The third-order valence-electron chi connectivity index (χ3n) is 3.85.